The number of benzene rings is 1. The van der Waals surface area contributed by atoms with E-state index in [-0.39, 0.29) is 5.97 Å². The Bertz CT molecular complexity index is 390. The SMILES string of the molecule is COC(=O)c1ccc2c(c1)N(C)CCN2. The van der Waals surface area contributed by atoms with Crippen LogP contribution in [-0.2, 0) is 4.74 Å². The molecule has 0 fully saturated rings. The van der Waals surface area contributed by atoms with Gasteiger partial charge in [-0.2, -0.15) is 0 Å². The largest absolute Gasteiger partial charge is 0.465 e. The molecule has 0 aromatic heterocycles. The topological polar surface area (TPSA) is 41.6 Å². The van der Waals surface area contributed by atoms with Crippen LogP contribution in [0, 0.1) is 0 Å². The van der Waals surface area contributed by atoms with Gasteiger partial charge in [0.05, 0.1) is 24.0 Å². The van der Waals surface area contributed by atoms with E-state index >= 15 is 0 Å². The van der Waals surface area contributed by atoms with Crippen molar-refractivity contribution in [3.63, 3.8) is 0 Å². The van der Waals surface area contributed by atoms with E-state index in [1.807, 2.05) is 19.2 Å². The minimum atomic E-state index is -0.295. The molecule has 0 saturated heterocycles. The molecule has 0 amide bonds. The molecule has 80 valence electrons. The number of anilines is 2. The van der Waals surface area contributed by atoms with Crippen molar-refractivity contribution in [2.75, 3.05) is 37.5 Å². The van der Waals surface area contributed by atoms with Crippen molar-refractivity contribution in [3.8, 4) is 0 Å². The van der Waals surface area contributed by atoms with E-state index in [9.17, 15) is 4.79 Å². The first-order valence-corrected chi connectivity index (χ1v) is 4.90. The molecule has 1 aromatic carbocycles. The third-order valence-electron chi connectivity index (χ3n) is 2.59. The van der Waals surface area contributed by atoms with Gasteiger partial charge in [0.1, 0.15) is 0 Å². The fourth-order valence-electron chi connectivity index (χ4n) is 1.72. The maximum absolute atomic E-state index is 11.3. The molecular formula is C11H14N2O2. The summed E-state index contributed by atoms with van der Waals surface area (Å²) in [6.07, 6.45) is 0. The van der Waals surface area contributed by atoms with Crippen molar-refractivity contribution < 1.29 is 9.53 Å². The van der Waals surface area contributed by atoms with Gasteiger partial charge in [-0.05, 0) is 18.2 Å². The Balaban J connectivity index is 2.39. The average Bonchev–Trinajstić information content (AvgIpc) is 2.28. The Morgan fingerprint density at radius 1 is 1.53 bits per heavy atom. The molecule has 1 N–H and O–H groups in total. The number of hydrogen-bond donors (Lipinski definition) is 1. The van der Waals surface area contributed by atoms with Gasteiger partial charge in [0.25, 0.3) is 0 Å². The molecule has 15 heavy (non-hydrogen) atoms. The maximum atomic E-state index is 11.3. The van der Waals surface area contributed by atoms with E-state index in [1.165, 1.54) is 7.11 Å². The highest BCUT2D eigenvalue weighted by molar-refractivity contribution is 5.92. The van der Waals surface area contributed by atoms with Crippen molar-refractivity contribution in [1.29, 1.82) is 0 Å². The molecule has 1 heterocycles. The van der Waals surface area contributed by atoms with E-state index in [1.54, 1.807) is 6.07 Å². The number of nitrogens with one attached hydrogen (secondary N) is 1. The van der Waals surface area contributed by atoms with Gasteiger partial charge in [-0.3, -0.25) is 0 Å². The van der Waals surface area contributed by atoms with Crippen molar-refractivity contribution in [2.24, 2.45) is 0 Å². The normalized spacial score (nSPS) is 14.1. The van der Waals surface area contributed by atoms with E-state index in [0.717, 1.165) is 24.5 Å². The van der Waals surface area contributed by atoms with Crippen molar-refractivity contribution in [3.05, 3.63) is 23.8 Å². The maximum Gasteiger partial charge on any atom is 0.337 e. The number of carbonyl (C=O) groups is 1. The molecule has 0 aliphatic carbocycles. The molecule has 2 rings (SSSR count). The van der Waals surface area contributed by atoms with Crippen molar-refractivity contribution >= 4 is 17.3 Å². The van der Waals surface area contributed by atoms with Crippen LogP contribution in [0.4, 0.5) is 11.4 Å². The van der Waals surface area contributed by atoms with Crippen LogP contribution in [0.3, 0.4) is 0 Å². The molecule has 4 heteroatoms. The molecule has 1 aliphatic heterocycles. The smallest absolute Gasteiger partial charge is 0.337 e. The lowest BCUT2D eigenvalue weighted by atomic mass is 10.1. The number of hydrogen-bond acceptors (Lipinski definition) is 4. The lowest BCUT2D eigenvalue weighted by molar-refractivity contribution is 0.0601. The third-order valence-corrected chi connectivity index (χ3v) is 2.59. The lowest BCUT2D eigenvalue weighted by Crippen LogP contribution is -2.30. The first-order valence-electron chi connectivity index (χ1n) is 4.90. The standard InChI is InChI=1S/C11H14N2O2/c1-13-6-5-12-9-4-3-8(7-10(9)13)11(14)15-2/h3-4,7,12H,5-6H2,1-2H3. The molecule has 0 saturated carbocycles. The number of likely N-dealkylation sites (N-methyl/N-ethyl adjacent to an activating group) is 1. The molecule has 0 spiro atoms. The Kier molecular flexibility index (Phi) is 2.49. The van der Waals surface area contributed by atoms with Crippen LogP contribution in [0.2, 0.25) is 0 Å². The summed E-state index contributed by atoms with van der Waals surface area (Å²) in [6.45, 7) is 1.87. The van der Waals surface area contributed by atoms with Gasteiger partial charge in [0, 0.05) is 20.1 Å². The van der Waals surface area contributed by atoms with Gasteiger partial charge in [-0.1, -0.05) is 0 Å². The fraction of sp³-hybridized carbons (Fsp3) is 0.364. The summed E-state index contributed by atoms with van der Waals surface area (Å²) in [6, 6.07) is 5.54. The number of rotatable bonds is 1. The second-order valence-corrected chi connectivity index (χ2v) is 3.57. The van der Waals surface area contributed by atoms with Crippen LogP contribution < -0.4 is 10.2 Å². The van der Waals surface area contributed by atoms with Gasteiger partial charge in [-0.15, -0.1) is 0 Å². The number of carbonyl (C=O) groups excluding carboxylic acids is 1. The highest BCUT2D eigenvalue weighted by Crippen LogP contribution is 2.28. The second kappa shape index (κ2) is 3.81. The molecule has 0 atom stereocenters. The Hall–Kier alpha value is -1.71. The summed E-state index contributed by atoms with van der Waals surface area (Å²) >= 11 is 0. The van der Waals surface area contributed by atoms with Crippen molar-refractivity contribution in [2.45, 2.75) is 0 Å². The van der Waals surface area contributed by atoms with Crippen LogP contribution in [0.25, 0.3) is 0 Å². The fourth-order valence-corrected chi connectivity index (χ4v) is 1.72. The summed E-state index contributed by atoms with van der Waals surface area (Å²) < 4.78 is 4.68. The number of fused-ring (bicyclic) bond motifs is 1. The van der Waals surface area contributed by atoms with Crippen LogP contribution in [0.15, 0.2) is 18.2 Å². The second-order valence-electron chi connectivity index (χ2n) is 3.57. The molecule has 0 unspecified atom stereocenters. The van der Waals surface area contributed by atoms with Gasteiger partial charge >= 0.3 is 5.97 Å². The zero-order valence-electron chi connectivity index (χ0n) is 8.91. The summed E-state index contributed by atoms with van der Waals surface area (Å²) in [4.78, 5) is 13.5. The Morgan fingerprint density at radius 2 is 2.33 bits per heavy atom. The minimum Gasteiger partial charge on any atom is -0.465 e. The minimum absolute atomic E-state index is 0.295. The Labute approximate surface area is 88.8 Å². The third kappa shape index (κ3) is 1.75. The van der Waals surface area contributed by atoms with E-state index in [0.29, 0.717) is 5.56 Å². The summed E-state index contributed by atoms with van der Waals surface area (Å²) in [5.41, 5.74) is 2.70. The predicted molar refractivity (Wildman–Crippen MR) is 59.5 cm³/mol. The molecule has 1 aromatic rings. The van der Waals surface area contributed by atoms with Crippen LogP contribution in [-0.4, -0.2) is 33.2 Å². The van der Waals surface area contributed by atoms with Gasteiger partial charge in [-0.25, -0.2) is 4.79 Å². The molecule has 0 radical (unpaired) electrons. The molecule has 1 aliphatic rings. The monoisotopic (exact) mass is 206 g/mol. The highest BCUT2D eigenvalue weighted by Gasteiger charge is 2.15. The summed E-state index contributed by atoms with van der Waals surface area (Å²) in [5, 5.41) is 3.28. The Morgan fingerprint density at radius 3 is 3.07 bits per heavy atom. The number of methoxy groups -OCH3 is 1. The highest BCUT2D eigenvalue weighted by atomic mass is 16.5. The first kappa shape index (κ1) is 9.83. The van der Waals surface area contributed by atoms with Crippen LogP contribution in [0.5, 0.6) is 0 Å². The molecular weight excluding hydrogens is 192 g/mol. The zero-order valence-corrected chi connectivity index (χ0v) is 8.91. The van der Waals surface area contributed by atoms with Crippen LogP contribution >= 0.6 is 0 Å². The van der Waals surface area contributed by atoms with Gasteiger partial charge in [0.2, 0.25) is 0 Å². The summed E-state index contributed by atoms with van der Waals surface area (Å²) in [5.74, 6) is -0.295. The average molecular weight is 206 g/mol. The predicted octanol–water partition coefficient (Wildman–Crippen LogP) is 1.33. The van der Waals surface area contributed by atoms with Crippen LogP contribution in [0.1, 0.15) is 10.4 Å². The zero-order chi connectivity index (χ0) is 10.8. The lowest BCUT2D eigenvalue weighted by Gasteiger charge is -2.28. The van der Waals surface area contributed by atoms with Crippen molar-refractivity contribution in [1.82, 2.24) is 0 Å². The molecule has 0 bridgehead atoms. The number of esters is 1. The van der Waals surface area contributed by atoms with E-state index in [2.05, 4.69) is 15.0 Å². The van der Waals surface area contributed by atoms with Gasteiger partial charge in [0.15, 0.2) is 0 Å². The van der Waals surface area contributed by atoms with E-state index in [4.69, 9.17) is 0 Å². The van der Waals surface area contributed by atoms with E-state index < -0.39 is 0 Å². The number of nitrogens with zero attached hydrogens (tertiary/aromatic N) is 1. The summed E-state index contributed by atoms with van der Waals surface area (Å²) in [7, 11) is 3.41. The number of ether oxygens (including phenoxy) is 1. The van der Waals surface area contributed by atoms with Gasteiger partial charge < -0.3 is 15.0 Å². The quantitative estimate of drug-likeness (QED) is 0.704. The molecule has 4 nitrogen and oxygen atoms in total. The first-order chi connectivity index (χ1) is 7.22.